The fourth-order valence-corrected chi connectivity index (χ4v) is 4.14. The molecule has 0 aliphatic heterocycles. The predicted octanol–water partition coefficient (Wildman–Crippen LogP) is 5.22. The van der Waals surface area contributed by atoms with Crippen LogP contribution in [0.4, 0.5) is 5.69 Å². The minimum atomic E-state index is -0.922. The van der Waals surface area contributed by atoms with E-state index in [4.69, 9.17) is 11.6 Å². The van der Waals surface area contributed by atoms with Crippen LogP contribution in [-0.4, -0.2) is 29.3 Å². The summed E-state index contributed by atoms with van der Waals surface area (Å²) in [5.41, 5.74) is 6.18. The average molecular weight is 431 g/mol. The van der Waals surface area contributed by atoms with Crippen molar-refractivity contribution in [2.45, 2.75) is 19.4 Å². The third kappa shape index (κ3) is 5.36. The monoisotopic (exact) mass is 430 g/mol. The number of hydrazine groups is 1. The molecule has 152 valence electrons. The molecule has 3 rings (SSSR count). The quantitative estimate of drug-likeness (QED) is 0.406. The molecule has 0 amide bonds. The Kier molecular flexibility index (Phi) is 7.28. The maximum Gasteiger partial charge on any atom is 0.337 e. The maximum absolute atomic E-state index is 11.4. The number of aromatic carboxylic acids is 1. The molecule has 2 aromatic carbocycles. The molecule has 7 heteroatoms. The second kappa shape index (κ2) is 9.89. The van der Waals surface area contributed by atoms with Crippen molar-refractivity contribution in [3.8, 4) is 10.4 Å². The molecule has 29 heavy (non-hydrogen) atoms. The Morgan fingerprint density at radius 3 is 2.62 bits per heavy atom. The van der Waals surface area contributed by atoms with Gasteiger partial charge in [-0.3, -0.25) is 0 Å². The van der Waals surface area contributed by atoms with Crippen LogP contribution in [0, 0.1) is 0 Å². The Labute approximate surface area is 179 Å². The molecule has 0 saturated heterocycles. The summed E-state index contributed by atoms with van der Waals surface area (Å²) in [6.45, 7) is 3.19. The molecular weight excluding hydrogens is 408 g/mol. The number of benzene rings is 2. The van der Waals surface area contributed by atoms with E-state index in [1.54, 1.807) is 23.6 Å². The van der Waals surface area contributed by atoms with Crippen molar-refractivity contribution in [2.75, 3.05) is 18.1 Å². The lowest BCUT2D eigenvalue weighted by Gasteiger charge is -2.27. The normalized spacial score (nSPS) is 12.0. The van der Waals surface area contributed by atoms with Crippen LogP contribution in [-0.2, 0) is 0 Å². The van der Waals surface area contributed by atoms with E-state index in [1.165, 1.54) is 11.3 Å². The van der Waals surface area contributed by atoms with Crippen molar-refractivity contribution < 1.29 is 15.0 Å². The first kappa shape index (κ1) is 21.3. The zero-order valence-electron chi connectivity index (χ0n) is 16.0. The highest BCUT2D eigenvalue weighted by atomic mass is 35.5. The number of anilines is 1. The highest BCUT2D eigenvalue weighted by molar-refractivity contribution is 7.14. The number of carboxylic acid groups (broad SMARTS) is 1. The van der Waals surface area contributed by atoms with Crippen molar-refractivity contribution in [1.82, 2.24) is 5.43 Å². The Morgan fingerprint density at radius 2 is 1.97 bits per heavy atom. The minimum absolute atomic E-state index is 0.316. The van der Waals surface area contributed by atoms with E-state index in [1.807, 2.05) is 41.4 Å². The summed E-state index contributed by atoms with van der Waals surface area (Å²) in [5.74, 6) is -0.922. The minimum Gasteiger partial charge on any atom is -0.478 e. The van der Waals surface area contributed by atoms with Gasteiger partial charge in [0.1, 0.15) is 0 Å². The number of halogens is 1. The van der Waals surface area contributed by atoms with Crippen LogP contribution in [0.3, 0.4) is 0 Å². The van der Waals surface area contributed by atoms with E-state index in [0.717, 1.165) is 34.7 Å². The van der Waals surface area contributed by atoms with E-state index < -0.39 is 12.1 Å². The standard InChI is InChI=1S/C22H23ClN2O3S/c1-2-11-25(24-14-20(26)16-4-3-5-17(23)13-16)18-8-6-15(7-9-18)21-19(22(27)28)10-12-29-21/h3-10,12-13,20,24,26H,2,11,14H2,1H3,(H,27,28)/t20-/m0/s1. The lowest BCUT2D eigenvalue weighted by Crippen LogP contribution is -2.41. The van der Waals surface area contributed by atoms with Crippen LogP contribution in [0.25, 0.3) is 10.4 Å². The van der Waals surface area contributed by atoms with E-state index in [9.17, 15) is 15.0 Å². The third-order valence-corrected chi connectivity index (χ3v) is 5.69. The zero-order chi connectivity index (χ0) is 20.8. The summed E-state index contributed by atoms with van der Waals surface area (Å²) >= 11 is 7.42. The number of rotatable bonds is 9. The first-order chi connectivity index (χ1) is 14.0. The Bertz CT molecular complexity index is 959. The number of hydrogen-bond acceptors (Lipinski definition) is 5. The second-order valence-corrected chi connectivity index (χ2v) is 7.95. The molecule has 1 atom stereocenters. The number of carbonyl (C=O) groups is 1. The van der Waals surface area contributed by atoms with Gasteiger partial charge in [0.05, 0.1) is 17.4 Å². The highest BCUT2D eigenvalue weighted by Gasteiger charge is 2.15. The van der Waals surface area contributed by atoms with Crippen LogP contribution in [0.5, 0.6) is 0 Å². The summed E-state index contributed by atoms with van der Waals surface area (Å²) in [6.07, 6.45) is 0.243. The molecule has 0 aliphatic carbocycles. The molecule has 1 aromatic heterocycles. The van der Waals surface area contributed by atoms with Gasteiger partial charge in [0.15, 0.2) is 0 Å². The Hall–Kier alpha value is -2.38. The molecule has 3 aromatic rings. The van der Waals surface area contributed by atoms with Crippen molar-refractivity contribution >= 4 is 34.6 Å². The van der Waals surface area contributed by atoms with Crippen molar-refractivity contribution in [2.24, 2.45) is 0 Å². The Balaban J connectivity index is 1.72. The van der Waals surface area contributed by atoms with Gasteiger partial charge in [0, 0.05) is 23.0 Å². The smallest absolute Gasteiger partial charge is 0.337 e. The lowest BCUT2D eigenvalue weighted by molar-refractivity contribution is 0.0698. The predicted molar refractivity (Wildman–Crippen MR) is 119 cm³/mol. The molecule has 0 fully saturated rings. The zero-order valence-corrected chi connectivity index (χ0v) is 17.6. The third-order valence-electron chi connectivity index (χ3n) is 4.49. The van der Waals surface area contributed by atoms with Crippen LogP contribution < -0.4 is 10.4 Å². The molecule has 1 heterocycles. The number of aliphatic hydroxyl groups excluding tert-OH is 1. The van der Waals surface area contributed by atoms with Gasteiger partial charge in [-0.1, -0.05) is 42.8 Å². The SMILES string of the molecule is CCCN(NC[C@H](O)c1cccc(Cl)c1)c1ccc(-c2sccc2C(=O)O)cc1. The maximum atomic E-state index is 11.4. The number of nitrogens with one attached hydrogen (secondary N) is 1. The van der Waals surface area contributed by atoms with E-state index in [0.29, 0.717) is 17.1 Å². The molecule has 0 bridgehead atoms. The van der Waals surface area contributed by atoms with Crippen LogP contribution >= 0.6 is 22.9 Å². The average Bonchev–Trinajstić information content (AvgIpc) is 3.21. The van der Waals surface area contributed by atoms with E-state index in [2.05, 4.69) is 12.3 Å². The molecular formula is C22H23ClN2O3S. The van der Waals surface area contributed by atoms with Gasteiger partial charge in [0.25, 0.3) is 0 Å². The topological polar surface area (TPSA) is 72.8 Å². The summed E-state index contributed by atoms with van der Waals surface area (Å²) in [4.78, 5) is 12.1. The fraction of sp³-hybridized carbons (Fsp3) is 0.227. The molecule has 3 N–H and O–H groups in total. The van der Waals surface area contributed by atoms with Crippen LogP contribution in [0.15, 0.2) is 60.0 Å². The summed E-state index contributed by atoms with van der Waals surface area (Å²) in [5, 5.41) is 24.1. The second-order valence-electron chi connectivity index (χ2n) is 6.60. The van der Waals surface area contributed by atoms with Gasteiger partial charge >= 0.3 is 5.97 Å². The van der Waals surface area contributed by atoms with Crippen LogP contribution in [0.1, 0.15) is 35.4 Å². The Morgan fingerprint density at radius 1 is 1.21 bits per heavy atom. The van der Waals surface area contributed by atoms with E-state index in [-0.39, 0.29) is 0 Å². The first-order valence-corrected chi connectivity index (χ1v) is 10.6. The fourth-order valence-electron chi connectivity index (χ4n) is 3.05. The molecule has 0 unspecified atom stereocenters. The first-order valence-electron chi connectivity index (χ1n) is 9.35. The van der Waals surface area contributed by atoms with Gasteiger partial charge in [-0.25, -0.2) is 10.2 Å². The van der Waals surface area contributed by atoms with Gasteiger partial charge in [-0.15, -0.1) is 11.3 Å². The van der Waals surface area contributed by atoms with Crippen LogP contribution in [0.2, 0.25) is 5.02 Å². The molecule has 0 saturated carbocycles. The molecule has 5 nitrogen and oxygen atoms in total. The number of aliphatic hydroxyl groups is 1. The number of thiophene rings is 1. The van der Waals surface area contributed by atoms with Gasteiger partial charge in [0.2, 0.25) is 0 Å². The molecule has 0 spiro atoms. The number of nitrogens with zero attached hydrogens (tertiary/aromatic N) is 1. The van der Waals surface area contributed by atoms with Gasteiger partial charge in [-0.2, -0.15) is 0 Å². The summed E-state index contributed by atoms with van der Waals surface area (Å²) < 4.78 is 0. The van der Waals surface area contributed by atoms with Gasteiger partial charge in [-0.05, 0) is 53.3 Å². The number of hydrogen-bond donors (Lipinski definition) is 3. The summed E-state index contributed by atoms with van der Waals surface area (Å²) in [7, 11) is 0. The van der Waals surface area contributed by atoms with Crippen molar-refractivity contribution in [3.05, 3.63) is 76.1 Å². The van der Waals surface area contributed by atoms with Crippen molar-refractivity contribution in [1.29, 1.82) is 0 Å². The van der Waals surface area contributed by atoms with Gasteiger partial charge < -0.3 is 15.2 Å². The molecule has 0 aliphatic rings. The lowest BCUT2D eigenvalue weighted by atomic mass is 10.1. The number of carboxylic acids is 1. The van der Waals surface area contributed by atoms with Crippen molar-refractivity contribution in [3.63, 3.8) is 0 Å². The largest absolute Gasteiger partial charge is 0.478 e. The highest BCUT2D eigenvalue weighted by Crippen LogP contribution is 2.31. The summed E-state index contributed by atoms with van der Waals surface area (Å²) in [6, 6.07) is 16.6. The van der Waals surface area contributed by atoms with E-state index >= 15 is 0 Å². The molecule has 0 radical (unpaired) electrons.